The Morgan fingerprint density at radius 3 is 2.00 bits per heavy atom. The first-order chi connectivity index (χ1) is 4.34. The minimum atomic E-state index is -0.406. The van der Waals surface area contributed by atoms with E-state index in [9.17, 15) is 4.79 Å². The molecule has 0 aromatic rings. The standard InChI is InChI=1S/C6H12N2OS/c1-6(2,3)4(9)10-5(7)8/h1-3H3,(H3,7,8). The van der Waals surface area contributed by atoms with Crippen LogP contribution in [0.1, 0.15) is 20.8 Å². The lowest BCUT2D eigenvalue weighted by Crippen LogP contribution is -2.20. The first-order valence-electron chi connectivity index (χ1n) is 2.90. The number of hydrogen-bond donors (Lipinski definition) is 2. The van der Waals surface area contributed by atoms with Crippen molar-refractivity contribution in [3.05, 3.63) is 0 Å². The quantitative estimate of drug-likeness (QED) is 0.413. The van der Waals surface area contributed by atoms with Crippen LogP contribution < -0.4 is 5.73 Å². The number of nitrogens with two attached hydrogens (primary N) is 1. The summed E-state index contributed by atoms with van der Waals surface area (Å²) in [5.41, 5.74) is 4.61. The van der Waals surface area contributed by atoms with Crippen LogP contribution in [0.4, 0.5) is 0 Å². The molecule has 0 saturated heterocycles. The Morgan fingerprint density at radius 1 is 1.50 bits per heavy atom. The maximum atomic E-state index is 11.0. The largest absolute Gasteiger partial charge is 0.378 e. The topological polar surface area (TPSA) is 66.9 Å². The Bertz CT molecular complexity index is 160. The molecular weight excluding hydrogens is 148 g/mol. The van der Waals surface area contributed by atoms with Gasteiger partial charge in [0.05, 0.1) is 0 Å². The van der Waals surface area contributed by atoms with Gasteiger partial charge in [-0.3, -0.25) is 10.2 Å². The predicted octanol–water partition coefficient (Wildman–Crippen LogP) is 1.19. The summed E-state index contributed by atoms with van der Waals surface area (Å²) in [5.74, 6) is 0. The lowest BCUT2D eigenvalue weighted by atomic mass is 10.00. The van der Waals surface area contributed by atoms with Crippen LogP contribution in [0.15, 0.2) is 0 Å². The summed E-state index contributed by atoms with van der Waals surface area (Å²) < 4.78 is 0. The number of nitrogens with one attached hydrogen (secondary N) is 1. The molecule has 0 heterocycles. The van der Waals surface area contributed by atoms with E-state index in [0.717, 1.165) is 11.8 Å². The van der Waals surface area contributed by atoms with Crippen molar-refractivity contribution < 1.29 is 4.79 Å². The molecule has 0 rings (SSSR count). The monoisotopic (exact) mass is 160 g/mol. The van der Waals surface area contributed by atoms with Crippen LogP contribution in [-0.4, -0.2) is 10.3 Å². The van der Waals surface area contributed by atoms with Crippen LogP contribution in [0.3, 0.4) is 0 Å². The van der Waals surface area contributed by atoms with Crippen LogP contribution in [0, 0.1) is 10.8 Å². The third kappa shape index (κ3) is 3.50. The fraction of sp³-hybridized carbons (Fsp3) is 0.667. The number of rotatable bonds is 0. The third-order valence-electron chi connectivity index (χ3n) is 0.815. The number of carbonyl (C=O) groups excluding carboxylic acids is 1. The second-order valence-corrected chi connectivity index (χ2v) is 4.02. The number of thioether (sulfide) groups is 1. The average Bonchev–Trinajstić information content (AvgIpc) is 1.60. The van der Waals surface area contributed by atoms with E-state index in [-0.39, 0.29) is 10.3 Å². The summed E-state index contributed by atoms with van der Waals surface area (Å²) in [5, 5.41) is 6.62. The molecule has 0 radical (unpaired) electrons. The maximum absolute atomic E-state index is 11.0. The zero-order valence-electron chi connectivity index (χ0n) is 6.39. The molecule has 58 valence electrons. The first-order valence-corrected chi connectivity index (χ1v) is 3.72. The van der Waals surface area contributed by atoms with Crippen LogP contribution in [0.2, 0.25) is 0 Å². The molecule has 0 saturated carbocycles. The zero-order chi connectivity index (χ0) is 8.36. The van der Waals surface area contributed by atoms with Crippen molar-refractivity contribution in [2.24, 2.45) is 11.1 Å². The average molecular weight is 160 g/mol. The highest BCUT2D eigenvalue weighted by atomic mass is 32.2. The molecule has 3 nitrogen and oxygen atoms in total. The van der Waals surface area contributed by atoms with Gasteiger partial charge in [-0.15, -0.1) is 0 Å². The minimum Gasteiger partial charge on any atom is -0.378 e. The summed E-state index contributed by atoms with van der Waals surface area (Å²) >= 11 is 0.784. The molecule has 0 aliphatic heterocycles. The lowest BCUT2D eigenvalue weighted by molar-refractivity contribution is -0.117. The van der Waals surface area contributed by atoms with Crippen LogP contribution >= 0.6 is 11.8 Å². The number of hydrogen-bond acceptors (Lipinski definition) is 3. The van der Waals surface area contributed by atoms with Crippen LogP contribution in [-0.2, 0) is 4.79 Å². The Hall–Kier alpha value is -0.510. The third-order valence-corrected chi connectivity index (χ3v) is 1.83. The second-order valence-electron chi connectivity index (χ2n) is 3.00. The van der Waals surface area contributed by atoms with Crippen LogP contribution in [0.5, 0.6) is 0 Å². The number of carbonyl (C=O) groups is 1. The van der Waals surface area contributed by atoms with Crippen molar-refractivity contribution >= 4 is 22.0 Å². The summed E-state index contributed by atoms with van der Waals surface area (Å²) in [6, 6.07) is 0. The van der Waals surface area contributed by atoms with Gasteiger partial charge in [0, 0.05) is 5.41 Å². The van der Waals surface area contributed by atoms with Gasteiger partial charge in [-0.05, 0) is 11.8 Å². The van der Waals surface area contributed by atoms with Gasteiger partial charge >= 0.3 is 0 Å². The van der Waals surface area contributed by atoms with E-state index < -0.39 is 5.41 Å². The molecule has 4 heteroatoms. The highest BCUT2D eigenvalue weighted by molar-refractivity contribution is 8.26. The van der Waals surface area contributed by atoms with Crippen molar-refractivity contribution in [2.45, 2.75) is 20.8 Å². The van der Waals surface area contributed by atoms with Gasteiger partial charge in [0.1, 0.15) is 0 Å². The summed E-state index contributed by atoms with van der Waals surface area (Å²) in [6.45, 7) is 5.39. The Balaban J connectivity index is 3.99. The van der Waals surface area contributed by atoms with Gasteiger partial charge in [0.15, 0.2) is 5.17 Å². The summed E-state index contributed by atoms with van der Waals surface area (Å²) in [7, 11) is 0. The molecule has 10 heavy (non-hydrogen) atoms. The van der Waals surface area contributed by atoms with E-state index in [1.54, 1.807) is 20.8 Å². The molecule has 0 aliphatic carbocycles. The molecule has 0 unspecified atom stereocenters. The molecule has 3 N–H and O–H groups in total. The molecule has 0 amide bonds. The molecule has 0 bridgehead atoms. The molecular formula is C6H12N2OS. The van der Waals surface area contributed by atoms with Crippen molar-refractivity contribution in [3.8, 4) is 0 Å². The molecule has 0 atom stereocenters. The van der Waals surface area contributed by atoms with E-state index in [2.05, 4.69) is 0 Å². The lowest BCUT2D eigenvalue weighted by Gasteiger charge is -2.14. The van der Waals surface area contributed by atoms with Crippen LogP contribution in [0.25, 0.3) is 0 Å². The zero-order valence-corrected chi connectivity index (χ0v) is 7.21. The second kappa shape index (κ2) is 3.05. The smallest absolute Gasteiger partial charge is 0.201 e. The highest BCUT2D eigenvalue weighted by Gasteiger charge is 2.22. The van der Waals surface area contributed by atoms with E-state index in [1.165, 1.54) is 0 Å². The van der Waals surface area contributed by atoms with Crippen molar-refractivity contribution in [1.82, 2.24) is 0 Å². The van der Waals surface area contributed by atoms with Crippen molar-refractivity contribution in [2.75, 3.05) is 0 Å². The van der Waals surface area contributed by atoms with Gasteiger partial charge in [-0.25, -0.2) is 0 Å². The predicted molar refractivity (Wildman–Crippen MR) is 44.0 cm³/mol. The Morgan fingerprint density at radius 2 is 1.90 bits per heavy atom. The highest BCUT2D eigenvalue weighted by Crippen LogP contribution is 2.21. The van der Waals surface area contributed by atoms with Gasteiger partial charge in [0.2, 0.25) is 5.12 Å². The van der Waals surface area contributed by atoms with Gasteiger partial charge in [-0.2, -0.15) is 0 Å². The maximum Gasteiger partial charge on any atom is 0.201 e. The van der Waals surface area contributed by atoms with E-state index in [0.29, 0.717) is 0 Å². The molecule has 0 aromatic carbocycles. The molecule has 0 fully saturated rings. The molecule has 0 aromatic heterocycles. The van der Waals surface area contributed by atoms with Gasteiger partial charge < -0.3 is 5.73 Å². The van der Waals surface area contributed by atoms with Gasteiger partial charge in [-0.1, -0.05) is 20.8 Å². The fourth-order valence-electron chi connectivity index (χ4n) is 0.253. The number of amidine groups is 1. The Labute approximate surface area is 64.9 Å². The fourth-order valence-corrected chi connectivity index (χ4v) is 0.759. The SMILES string of the molecule is CC(C)(C)C(=O)SC(=N)N. The van der Waals surface area contributed by atoms with E-state index in [1.807, 2.05) is 0 Å². The molecule has 0 spiro atoms. The van der Waals surface area contributed by atoms with E-state index >= 15 is 0 Å². The summed E-state index contributed by atoms with van der Waals surface area (Å²) in [6.07, 6.45) is 0. The summed E-state index contributed by atoms with van der Waals surface area (Å²) in [4.78, 5) is 11.0. The van der Waals surface area contributed by atoms with Gasteiger partial charge in [0.25, 0.3) is 0 Å². The first kappa shape index (κ1) is 9.49. The van der Waals surface area contributed by atoms with E-state index in [4.69, 9.17) is 11.1 Å². The van der Waals surface area contributed by atoms with Crippen molar-refractivity contribution in [1.29, 1.82) is 5.41 Å². The Kier molecular flexibility index (Phi) is 2.90. The van der Waals surface area contributed by atoms with Crippen molar-refractivity contribution in [3.63, 3.8) is 0 Å². The minimum absolute atomic E-state index is 0.0694. The molecule has 0 aliphatic rings. The normalized spacial score (nSPS) is 11.1.